The summed E-state index contributed by atoms with van der Waals surface area (Å²) in [6.45, 7) is 3.21. The number of nitrogens with one attached hydrogen (secondary N) is 1. The van der Waals surface area contributed by atoms with Crippen molar-refractivity contribution >= 4 is 21.6 Å². The van der Waals surface area contributed by atoms with Gasteiger partial charge in [0.25, 0.3) is 0 Å². The Kier molecular flexibility index (Phi) is 5.24. The third-order valence-corrected chi connectivity index (χ3v) is 4.33. The van der Waals surface area contributed by atoms with Gasteiger partial charge in [0, 0.05) is 17.6 Å². The summed E-state index contributed by atoms with van der Waals surface area (Å²) >= 11 is 3.49. The van der Waals surface area contributed by atoms with Crippen LogP contribution in [0.3, 0.4) is 0 Å². The number of hydrogen-bond donors (Lipinski definition) is 1. The van der Waals surface area contributed by atoms with E-state index < -0.39 is 0 Å². The van der Waals surface area contributed by atoms with Crippen LogP contribution >= 0.6 is 15.9 Å². The summed E-state index contributed by atoms with van der Waals surface area (Å²) < 4.78 is 1.04. The zero-order valence-electron chi connectivity index (χ0n) is 11.3. The van der Waals surface area contributed by atoms with Crippen LogP contribution in [-0.4, -0.2) is 26.7 Å². The van der Waals surface area contributed by atoms with Crippen molar-refractivity contribution in [3.05, 3.63) is 28.2 Å². The van der Waals surface area contributed by atoms with E-state index in [-0.39, 0.29) is 0 Å². The Morgan fingerprint density at radius 3 is 2.79 bits per heavy atom. The molecule has 0 unspecified atom stereocenters. The molecule has 4 heteroatoms. The number of anilines is 1. The van der Waals surface area contributed by atoms with E-state index in [1.165, 1.54) is 19.3 Å². The molecule has 1 fully saturated rings. The first-order chi connectivity index (χ1) is 9.24. The molecule has 0 aromatic heterocycles. The van der Waals surface area contributed by atoms with Gasteiger partial charge in [0.15, 0.2) is 0 Å². The second-order valence-electron chi connectivity index (χ2n) is 5.10. The van der Waals surface area contributed by atoms with Crippen molar-refractivity contribution in [3.8, 4) is 6.07 Å². The number of hydrogen-bond acceptors (Lipinski definition) is 3. The van der Waals surface area contributed by atoms with E-state index in [1.54, 1.807) is 0 Å². The first-order valence-corrected chi connectivity index (χ1v) is 7.63. The molecule has 2 rings (SSSR count). The van der Waals surface area contributed by atoms with Crippen molar-refractivity contribution in [3.63, 3.8) is 0 Å². The number of halogens is 1. The molecular formula is C15H20BrN3. The monoisotopic (exact) mass is 321 g/mol. The maximum absolute atomic E-state index is 9.21. The molecule has 0 bridgehead atoms. The molecular weight excluding hydrogens is 302 g/mol. The van der Waals surface area contributed by atoms with Gasteiger partial charge in [-0.3, -0.25) is 0 Å². The van der Waals surface area contributed by atoms with Crippen LogP contribution in [0.2, 0.25) is 0 Å². The number of piperidine rings is 1. The minimum atomic E-state index is 0.775. The maximum Gasteiger partial charge on any atom is 0.101 e. The van der Waals surface area contributed by atoms with Crippen LogP contribution in [-0.2, 0) is 0 Å². The highest BCUT2D eigenvalue weighted by atomic mass is 79.9. The molecule has 1 saturated heterocycles. The minimum absolute atomic E-state index is 0.775. The molecule has 0 amide bonds. The fourth-order valence-electron chi connectivity index (χ4n) is 2.67. The minimum Gasteiger partial charge on any atom is -0.370 e. The molecule has 0 aliphatic carbocycles. The summed E-state index contributed by atoms with van der Waals surface area (Å²) in [5.41, 5.74) is 1.85. The molecule has 102 valence electrons. The number of rotatable bonds is 4. The van der Waals surface area contributed by atoms with Crippen molar-refractivity contribution in [2.45, 2.75) is 19.3 Å². The Morgan fingerprint density at radius 2 is 2.16 bits per heavy atom. The third kappa shape index (κ3) is 3.71. The summed E-state index contributed by atoms with van der Waals surface area (Å²) in [5, 5.41) is 12.4. The Hall–Kier alpha value is -1.05. The Bertz CT molecular complexity index is 459. The lowest BCUT2D eigenvalue weighted by atomic mass is 9.93. The van der Waals surface area contributed by atoms with E-state index in [9.17, 15) is 5.26 Å². The van der Waals surface area contributed by atoms with Gasteiger partial charge in [-0.1, -0.05) is 15.9 Å². The van der Waals surface area contributed by atoms with Gasteiger partial charge in [-0.05, 0) is 57.0 Å². The summed E-state index contributed by atoms with van der Waals surface area (Å²) in [4.78, 5) is 2.35. The van der Waals surface area contributed by atoms with Crippen LogP contribution in [0.4, 0.5) is 5.69 Å². The van der Waals surface area contributed by atoms with Crippen LogP contribution in [0.5, 0.6) is 0 Å². The van der Waals surface area contributed by atoms with Gasteiger partial charge in [0.2, 0.25) is 0 Å². The van der Waals surface area contributed by atoms with Gasteiger partial charge in [-0.25, -0.2) is 0 Å². The molecule has 1 heterocycles. The Balaban J connectivity index is 2.01. The molecule has 0 radical (unpaired) electrons. The molecule has 1 aliphatic rings. The van der Waals surface area contributed by atoms with Gasteiger partial charge < -0.3 is 10.2 Å². The average molecular weight is 322 g/mol. The predicted molar refractivity (Wildman–Crippen MR) is 82.3 cm³/mol. The fraction of sp³-hybridized carbons (Fsp3) is 0.533. The molecule has 1 aliphatic heterocycles. The first-order valence-electron chi connectivity index (χ1n) is 6.83. The second-order valence-corrected chi connectivity index (χ2v) is 6.01. The van der Waals surface area contributed by atoms with E-state index >= 15 is 0 Å². The molecule has 0 spiro atoms. The van der Waals surface area contributed by atoms with Gasteiger partial charge in [0.05, 0.1) is 11.3 Å². The highest BCUT2D eigenvalue weighted by molar-refractivity contribution is 9.10. The lowest BCUT2D eigenvalue weighted by molar-refractivity contribution is 0.378. The van der Waals surface area contributed by atoms with E-state index in [1.807, 2.05) is 19.2 Å². The van der Waals surface area contributed by atoms with Crippen molar-refractivity contribution in [1.82, 2.24) is 5.32 Å². The third-order valence-electron chi connectivity index (χ3n) is 3.84. The van der Waals surface area contributed by atoms with Crippen molar-refractivity contribution in [1.29, 1.82) is 5.26 Å². The van der Waals surface area contributed by atoms with Crippen molar-refractivity contribution in [2.75, 3.05) is 31.6 Å². The van der Waals surface area contributed by atoms with Crippen LogP contribution in [0.25, 0.3) is 0 Å². The number of benzene rings is 1. The second kappa shape index (κ2) is 6.93. The Labute approximate surface area is 123 Å². The number of nitrogens with zero attached hydrogens (tertiary/aromatic N) is 2. The molecule has 3 nitrogen and oxygen atoms in total. The molecule has 1 aromatic rings. The lowest BCUT2D eigenvalue weighted by Crippen LogP contribution is -2.34. The summed E-state index contributed by atoms with van der Waals surface area (Å²) in [7, 11) is 2.01. The highest BCUT2D eigenvalue weighted by Gasteiger charge is 2.20. The van der Waals surface area contributed by atoms with Crippen LogP contribution in [0.1, 0.15) is 24.8 Å². The quantitative estimate of drug-likeness (QED) is 0.925. The van der Waals surface area contributed by atoms with Gasteiger partial charge in [-0.15, -0.1) is 0 Å². The molecule has 19 heavy (non-hydrogen) atoms. The van der Waals surface area contributed by atoms with Gasteiger partial charge in [-0.2, -0.15) is 5.26 Å². The fourth-order valence-corrected chi connectivity index (χ4v) is 3.02. The van der Waals surface area contributed by atoms with E-state index in [0.717, 1.165) is 41.3 Å². The van der Waals surface area contributed by atoms with Gasteiger partial charge in [0.1, 0.15) is 6.07 Å². The number of nitriles is 1. The van der Waals surface area contributed by atoms with Crippen molar-refractivity contribution in [2.24, 2.45) is 5.92 Å². The summed E-state index contributed by atoms with van der Waals surface area (Å²) in [6.07, 6.45) is 3.70. The average Bonchev–Trinajstić information content (AvgIpc) is 2.45. The standard InChI is InChI=1S/C15H20BrN3/c1-18-7-4-12-5-8-19(9-6-12)15-10-14(16)3-2-13(15)11-17/h2-3,10,12,18H,4-9H2,1H3. The Morgan fingerprint density at radius 1 is 1.42 bits per heavy atom. The predicted octanol–water partition coefficient (Wildman–Crippen LogP) is 3.15. The smallest absolute Gasteiger partial charge is 0.101 e. The van der Waals surface area contributed by atoms with E-state index in [2.05, 4.69) is 38.3 Å². The maximum atomic E-state index is 9.21. The zero-order chi connectivity index (χ0) is 13.7. The first kappa shape index (κ1) is 14.4. The highest BCUT2D eigenvalue weighted by Crippen LogP contribution is 2.29. The topological polar surface area (TPSA) is 39.1 Å². The molecule has 0 saturated carbocycles. The van der Waals surface area contributed by atoms with E-state index in [0.29, 0.717) is 0 Å². The van der Waals surface area contributed by atoms with Crippen LogP contribution < -0.4 is 10.2 Å². The van der Waals surface area contributed by atoms with Crippen LogP contribution in [0, 0.1) is 17.2 Å². The largest absolute Gasteiger partial charge is 0.370 e. The van der Waals surface area contributed by atoms with Gasteiger partial charge >= 0.3 is 0 Å². The lowest BCUT2D eigenvalue weighted by Gasteiger charge is -2.34. The summed E-state index contributed by atoms with van der Waals surface area (Å²) in [6, 6.07) is 8.18. The van der Waals surface area contributed by atoms with Crippen LogP contribution in [0.15, 0.2) is 22.7 Å². The van der Waals surface area contributed by atoms with Crippen molar-refractivity contribution < 1.29 is 0 Å². The van der Waals surface area contributed by atoms with E-state index in [4.69, 9.17) is 0 Å². The molecule has 1 N–H and O–H groups in total. The molecule has 0 atom stereocenters. The zero-order valence-corrected chi connectivity index (χ0v) is 12.9. The SMILES string of the molecule is CNCCC1CCN(c2cc(Br)ccc2C#N)CC1. The summed E-state index contributed by atoms with van der Waals surface area (Å²) in [5.74, 6) is 0.821. The normalized spacial score (nSPS) is 16.4. The molecule has 1 aromatic carbocycles.